The molecule has 0 aromatic rings. The monoisotopic (exact) mass is 140 g/mol. The Morgan fingerprint density at radius 3 is 2.89 bits per heavy atom. The van der Waals surface area contributed by atoms with Gasteiger partial charge in [0.25, 0.3) is 0 Å². The third-order valence-electron chi connectivity index (χ3n) is 1.68. The fraction of sp³-hybridized carbons (Fsp3) is 0.500. The standard InChI is InChI=1S/C8H12S/c1-6-4-8(3)9-5-7(6)2/h4,7H,3,5H2,1-2H3. The smallest absolute Gasteiger partial charge is 0.00429 e. The van der Waals surface area contributed by atoms with Gasteiger partial charge in [-0.05, 0) is 23.8 Å². The Hall–Kier alpha value is -0.170. The Bertz CT molecular complexity index is 156. The second-order valence-corrected chi connectivity index (χ2v) is 3.71. The van der Waals surface area contributed by atoms with Crippen molar-refractivity contribution in [3.63, 3.8) is 0 Å². The van der Waals surface area contributed by atoms with E-state index in [0.717, 1.165) is 5.92 Å². The van der Waals surface area contributed by atoms with Crippen LogP contribution < -0.4 is 0 Å². The van der Waals surface area contributed by atoms with Gasteiger partial charge >= 0.3 is 0 Å². The van der Waals surface area contributed by atoms with Gasteiger partial charge in [-0.25, -0.2) is 0 Å². The number of hydrogen-bond acceptors (Lipinski definition) is 1. The van der Waals surface area contributed by atoms with Crippen molar-refractivity contribution in [2.45, 2.75) is 13.8 Å². The second kappa shape index (κ2) is 2.61. The lowest BCUT2D eigenvalue weighted by Gasteiger charge is -2.17. The minimum Gasteiger partial charge on any atom is -0.126 e. The molecule has 0 nitrogen and oxygen atoms in total. The summed E-state index contributed by atoms with van der Waals surface area (Å²) in [6.45, 7) is 8.32. The number of hydrogen-bond donors (Lipinski definition) is 0. The van der Waals surface area contributed by atoms with E-state index in [-0.39, 0.29) is 0 Å². The Labute approximate surface area is 61.0 Å². The van der Waals surface area contributed by atoms with Crippen molar-refractivity contribution < 1.29 is 0 Å². The molecule has 0 aromatic heterocycles. The highest BCUT2D eigenvalue weighted by Gasteiger charge is 2.10. The molecule has 0 aliphatic carbocycles. The molecular formula is C8H12S. The molecule has 1 atom stereocenters. The molecule has 0 aromatic carbocycles. The van der Waals surface area contributed by atoms with Crippen LogP contribution in [-0.4, -0.2) is 5.75 Å². The van der Waals surface area contributed by atoms with E-state index < -0.39 is 0 Å². The minimum atomic E-state index is 0.750. The first-order valence-electron chi connectivity index (χ1n) is 3.20. The van der Waals surface area contributed by atoms with Crippen LogP contribution in [0.1, 0.15) is 13.8 Å². The van der Waals surface area contributed by atoms with Gasteiger partial charge in [0.05, 0.1) is 0 Å². The molecule has 0 N–H and O–H groups in total. The zero-order valence-corrected chi connectivity index (χ0v) is 6.79. The van der Waals surface area contributed by atoms with Gasteiger partial charge in [-0.15, -0.1) is 11.8 Å². The van der Waals surface area contributed by atoms with Crippen LogP contribution in [-0.2, 0) is 0 Å². The number of rotatable bonds is 0. The van der Waals surface area contributed by atoms with Crippen LogP contribution >= 0.6 is 11.8 Å². The SMILES string of the molecule is C=C1C=C(C)C(C)CS1. The maximum Gasteiger partial charge on any atom is 0.00429 e. The van der Waals surface area contributed by atoms with Gasteiger partial charge in [0.15, 0.2) is 0 Å². The van der Waals surface area contributed by atoms with Crippen molar-refractivity contribution in [2.24, 2.45) is 5.92 Å². The molecule has 1 heteroatoms. The third kappa shape index (κ3) is 1.62. The van der Waals surface area contributed by atoms with Gasteiger partial charge in [0.2, 0.25) is 0 Å². The number of allylic oxidation sites excluding steroid dienone is 2. The van der Waals surface area contributed by atoms with Crippen molar-refractivity contribution >= 4 is 11.8 Å². The minimum absolute atomic E-state index is 0.750. The summed E-state index contributed by atoms with van der Waals surface area (Å²) < 4.78 is 0. The van der Waals surface area contributed by atoms with Gasteiger partial charge in [0.1, 0.15) is 0 Å². The van der Waals surface area contributed by atoms with E-state index in [2.05, 4.69) is 26.5 Å². The van der Waals surface area contributed by atoms with E-state index in [1.165, 1.54) is 16.2 Å². The van der Waals surface area contributed by atoms with Crippen molar-refractivity contribution in [2.75, 3.05) is 5.75 Å². The lowest BCUT2D eigenvalue weighted by molar-refractivity contribution is 0.778. The molecule has 0 saturated carbocycles. The summed E-state index contributed by atoms with van der Waals surface area (Å²) >= 11 is 1.86. The van der Waals surface area contributed by atoms with Crippen LogP contribution in [0.3, 0.4) is 0 Å². The van der Waals surface area contributed by atoms with Crippen LogP contribution in [0.5, 0.6) is 0 Å². The Balaban J connectivity index is 2.72. The average molecular weight is 140 g/mol. The molecule has 1 unspecified atom stereocenters. The van der Waals surface area contributed by atoms with Crippen molar-refractivity contribution in [3.8, 4) is 0 Å². The summed E-state index contributed by atoms with van der Waals surface area (Å²) in [5, 5.41) is 0. The highest BCUT2D eigenvalue weighted by atomic mass is 32.2. The van der Waals surface area contributed by atoms with Crippen LogP contribution in [0.2, 0.25) is 0 Å². The molecule has 0 bridgehead atoms. The molecule has 0 amide bonds. The molecule has 0 radical (unpaired) electrons. The zero-order chi connectivity index (χ0) is 6.85. The predicted octanol–water partition coefficient (Wildman–Crippen LogP) is 2.83. The van der Waals surface area contributed by atoms with E-state index >= 15 is 0 Å². The molecule has 0 fully saturated rings. The lowest BCUT2D eigenvalue weighted by atomic mass is 10.0. The van der Waals surface area contributed by atoms with Crippen molar-refractivity contribution in [1.29, 1.82) is 0 Å². The van der Waals surface area contributed by atoms with E-state index in [4.69, 9.17) is 0 Å². The summed E-state index contributed by atoms with van der Waals surface area (Å²) in [6, 6.07) is 0. The molecule has 0 spiro atoms. The van der Waals surface area contributed by atoms with Gasteiger partial charge in [0, 0.05) is 5.75 Å². The van der Waals surface area contributed by atoms with Gasteiger partial charge in [-0.2, -0.15) is 0 Å². The zero-order valence-electron chi connectivity index (χ0n) is 5.98. The molecular weight excluding hydrogens is 128 g/mol. The number of thioether (sulfide) groups is 1. The fourth-order valence-electron chi connectivity index (χ4n) is 0.801. The van der Waals surface area contributed by atoms with E-state index in [1.54, 1.807) is 0 Å². The maximum absolute atomic E-state index is 3.89. The van der Waals surface area contributed by atoms with Gasteiger partial charge < -0.3 is 0 Å². The molecule has 9 heavy (non-hydrogen) atoms. The first kappa shape index (κ1) is 6.94. The van der Waals surface area contributed by atoms with Gasteiger partial charge in [-0.3, -0.25) is 0 Å². The van der Waals surface area contributed by atoms with Crippen molar-refractivity contribution in [3.05, 3.63) is 23.1 Å². The van der Waals surface area contributed by atoms with Crippen molar-refractivity contribution in [1.82, 2.24) is 0 Å². The largest absolute Gasteiger partial charge is 0.126 e. The predicted molar refractivity (Wildman–Crippen MR) is 44.5 cm³/mol. The summed E-state index contributed by atoms with van der Waals surface area (Å²) in [5.74, 6) is 1.96. The van der Waals surface area contributed by atoms with Crippen LogP contribution in [0.15, 0.2) is 23.1 Å². The molecule has 1 heterocycles. The Morgan fingerprint density at radius 1 is 1.78 bits per heavy atom. The average Bonchev–Trinajstić information content (AvgIpc) is 1.80. The van der Waals surface area contributed by atoms with E-state index in [1.807, 2.05) is 11.8 Å². The fourth-order valence-corrected chi connectivity index (χ4v) is 1.80. The normalized spacial score (nSPS) is 28.0. The topological polar surface area (TPSA) is 0 Å². The molecule has 1 aliphatic heterocycles. The van der Waals surface area contributed by atoms with Crippen LogP contribution in [0.4, 0.5) is 0 Å². The Kier molecular flexibility index (Phi) is 2.01. The maximum atomic E-state index is 3.89. The molecule has 1 rings (SSSR count). The van der Waals surface area contributed by atoms with E-state index in [9.17, 15) is 0 Å². The second-order valence-electron chi connectivity index (χ2n) is 2.57. The van der Waals surface area contributed by atoms with Crippen LogP contribution in [0.25, 0.3) is 0 Å². The quantitative estimate of drug-likeness (QED) is 0.498. The summed E-state index contributed by atoms with van der Waals surface area (Å²) in [7, 11) is 0. The first-order valence-corrected chi connectivity index (χ1v) is 4.18. The molecule has 1 aliphatic rings. The summed E-state index contributed by atoms with van der Waals surface area (Å²) in [6.07, 6.45) is 2.18. The highest BCUT2D eigenvalue weighted by Crippen LogP contribution is 2.29. The first-order chi connectivity index (χ1) is 4.20. The third-order valence-corrected chi connectivity index (χ3v) is 2.84. The molecule has 0 saturated heterocycles. The Morgan fingerprint density at radius 2 is 2.44 bits per heavy atom. The van der Waals surface area contributed by atoms with E-state index in [0.29, 0.717) is 0 Å². The summed E-state index contributed by atoms with van der Waals surface area (Å²) in [4.78, 5) is 1.21. The van der Waals surface area contributed by atoms with Crippen LogP contribution in [0, 0.1) is 5.92 Å². The van der Waals surface area contributed by atoms with Gasteiger partial charge in [-0.1, -0.05) is 19.1 Å². The lowest BCUT2D eigenvalue weighted by Crippen LogP contribution is -2.03. The summed E-state index contributed by atoms with van der Waals surface area (Å²) in [5.41, 5.74) is 1.47. The molecule has 50 valence electrons. The highest BCUT2D eigenvalue weighted by molar-refractivity contribution is 8.03.